The van der Waals surface area contributed by atoms with Gasteiger partial charge in [-0.2, -0.15) is 0 Å². The highest BCUT2D eigenvalue weighted by Crippen LogP contribution is 2.23. The van der Waals surface area contributed by atoms with E-state index >= 15 is 0 Å². The van der Waals surface area contributed by atoms with Crippen LogP contribution in [-0.2, 0) is 20.7 Å². The van der Waals surface area contributed by atoms with Gasteiger partial charge in [0.15, 0.2) is 0 Å². The molecule has 0 fully saturated rings. The van der Waals surface area contributed by atoms with Crippen molar-refractivity contribution in [2.45, 2.75) is 45.8 Å². The van der Waals surface area contributed by atoms with E-state index in [9.17, 15) is 14.4 Å². The van der Waals surface area contributed by atoms with E-state index in [1.54, 1.807) is 45.9 Å². The van der Waals surface area contributed by atoms with E-state index in [-0.39, 0.29) is 18.7 Å². The van der Waals surface area contributed by atoms with Gasteiger partial charge in [0, 0.05) is 12.6 Å². The number of aromatic amines is 1. The van der Waals surface area contributed by atoms with Gasteiger partial charge < -0.3 is 25.1 Å². The molecule has 0 saturated carbocycles. The summed E-state index contributed by atoms with van der Waals surface area (Å²) >= 11 is 12.0. The van der Waals surface area contributed by atoms with Crippen molar-refractivity contribution in [1.82, 2.24) is 10.3 Å². The first-order valence-corrected chi connectivity index (χ1v) is 10.3. The van der Waals surface area contributed by atoms with Crippen molar-refractivity contribution >= 4 is 46.9 Å². The summed E-state index contributed by atoms with van der Waals surface area (Å²) in [5, 5.41) is 5.96. The number of rotatable bonds is 7. The molecule has 1 heterocycles. The summed E-state index contributed by atoms with van der Waals surface area (Å²) in [7, 11) is 0. The zero-order chi connectivity index (χ0) is 23.2. The molecular formula is C21H25Cl2N3O5. The molecule has 0 aliphatic rings. The first-order valence-electron chi connectivity index (χ1n) is 9.58. The van der Waals surface area contributed by atoms with Gasteiger partial charge in [-0.25, -0.2) is 9.59 Å². The highest BCUT2D eigenvalue weighted by Gasteiger charge is 2.25. The second-order valence-electron chi connectivity index (χ2n) is 7.66. The minimum absolute atomic E-state index is 0.136. The third-order valence-corrected chi connectivity index (χ3v) is 4.62. The van der Waals surface area contributed by atoms with Crippen LogP contribution >= 0.6 is 23.2 Å². The number of aromatic nitrogens is 1. The average Bonchev–Trinajstić information content (AvgIpc) is 3.11. The normalized spacial score (nSPS) is 12.1. The van der Waals surface area contributed by atoms with Gasteiger partial charge in [0.1, 0.15) is 17.3 Å². The predicted molar refractivity (Wildman–Crippen MR) is 119 cm³/mol. The smallest absolute Gasteiger partial charge is 0.408 e. The second-order valence-corrected chi connectivity index (χ2v) is 8.48. The molecule has 1 aromatic heterocycles. The van der Waals surface area contributed by atoms with Crippen LogP contribution in [0.15, 0.2) is 30.5 Å². The van der Waals surface area contributed by atoms with Crippen molar-refractivity contribution in [2.24, 2.45) is 0 Å². The Hall–Kier alpha value is -2.71. The fourth-order valence-electron chi connectivity index (χ4n) is 2.58. The number of alkyl carbamates (subject to hydrolysis) is 1. The maximum absolute atomic E-state index is 12.9. The van der Waals surface area contributed by atoms with E-state index in [1.807, 2.05) is 0 Å². The van der Waals surface area contributed by atoms with Crippen LogP contribution in [0.5, 0.6) is 0 Å². The van der Waals surface area contributed by atoms with E-state index < -0.39 is 29.6 Å². The van der Waals surface area contributed by atoms with E-state index in [2.05, 4.69) is 15.6 Å². The predicted octanol–water partition coefficient (Wildman–Crippen LogP) is 4.57. The molecule has 10 heteroatoms. The van der Waals surface area contributed by atoms with E-state index in [0.29, 0.717) is 21.3 Å². The Labute approximate surface area is 190 Å². The summed E-state index contributed by atoms with van der Waals surface area (Å²) in [6.07, 6.45) is 0.847. The van der Waals surface area contributed by atoms with Crippen LogP contribution in [0.2, 0.25) is 10.0 Å². The average molecular weight is 470 g/mol. The third kappa shape index (κ3) is 7.80. The van der Waals surface area contributed by atoms with Crippen LogP contribution in [0.4, 0.5) is 10.5 Å². The summed E-state index contributed by atoms with van der Waals surface area (Å²) in [4.78, 5) is 39.7. The van der Waals surface area contributed by atoms with Crippen LogP contribution in [0.25, 0.3) is 0 Å². The summed E-state index contributed by atoms with van der Waals surface area (Å²) in [6, 6.07) is 5.41. The minimum Gasteiger partial charge on any atom is -0.461 e. The lowest BCUT2D eigenvalue weighted by molar-refractivity contribution is -0.118. The van der Waals surface area contributed by atoms with Gasteiger partial charge >= 0.3 is 12.1 Å². The number of carbonyl (C=O) groups is 3. The molecule has 3 N–H and O–H groups in total. The van der Waals surface area contributed by atoms with Gasteiger partial charge in [0.2, 0.25) is 5.91 Å². The van der Waals surface area contributed by atoms with Crippen molar-refractivity contribution in [3.05, 3.63) is 51.8 Å². The highest BCUT2D eigenvalue weighted by molar-refractivity contribution is 6.42. The molecule has 168 valence electrons. The summed E-state index contributed by atoms with van der Waals surface area (Å²) < 4.78 is 10.2. The third-order valence-electron chi connectivity index (χ3n) is 3.88. The zero-order valence-corrected chi connectivity index (χ0v) is 19.2. The van der Waals surface area contributed by atoms with Gasteiger partial charge in [-0.3, -0.25) is 4.79 Å². The molecule has 2 rings (SSSR count). The molecule has 2 aromatic rings. The van der Waals surface area contributed by atoms with Crippen LogP contribution in [-0.4, -0.2) is 41.2 Å². The molecule has 2 amide bonds. The highest BCUT2D eigenvalue weighted by atomic mass is 35.5. The largest absolute Gasteiger partial charge is 0.461 e. The standard InChI is InChI=1S/C21H25Cl2N3O5/c1-5-30-19(28)17-10-13(11-24-17)25-18(27)16(26-20(29)31-21(2,3)4)9-12-6-7-14(22)15(23)8-12/h6-8,10-11,16,24H,5,9H2,1-4H3,(H,25,27)(H,26,29). The van der Waals surface area contributed by atoms with E-state index in [4.69, 9.17) is 32.7 Å². The maximum Gasteiger partial charge on any atom is 0.408 e. The SMILES string of the molecule is CCOC(=O)c1cc(NC(=O)C(Cc2ccc(Cl)c(Cl)c2)NC(=O)OC(C)(C)C)c[nH]1. The molecule has 0 bridgehead atoms. The number of anilines is 1. The Morgan fingerprint density at radius 3 is 2.45 bits per heavy atom. The molecular weight excluding hydrogens is 445 g/mol. The Morgan fingerprint density at radius 1 is 1.13 bits per heavy atom. The Kier molecular flexibility index (Phi) is 8.36. The lowest BCUT2D eigenvalue weighted by Gasteiger charge is -2.23. The molecule has 0 saturated heterocycles. The Morgan fingerprint density at radius 2 is 1.84 bits per heavy atom. The number of esters is 1. The quantitative estimate of drug-likeness (QED) is 0.514. The molecule has 0 radical (unpaired) electrons. The fourth-order valence-corrected chi connectivity index (χ4v) is 2.90. The van der Waals surface area contributed by atoms with Gasteiger partial charge in [-0.15, -0.1) is 0 Å². The molecule has 1 atom stereocenters. The first-order chi connectivity index (χ1) is 14.5. The monoisotopic (exact) mass is 469 g/mol. The number of carbonyl (C=O) groups excluding carboxylic acids is 3. The number of amides is 2. The van der Waals surface area contributed by atoms with Crippen molar-refractivity contribution in [3.8, 4) is 0 Å². The lowest BCUT2D eigenvalue weighted by Crippen LogP contribution is -2.47. The number of hydrogen-bond donors (Lipinski definition) is 3. The maximum atomic E-state index is 12.9. The molecule has 8 nitrogen and oxygen atoms in total. The van der Waals surface area contributed by atoms with Crippen LogP contribution in [0.1, 0.15) is 43.7 Å². The topological polar surface area (TPSA) is 110 Å². The second kappa shape index (κ2) is 10.5. The number of halogens is 2. The van der Waals surface area contributed by atoms with Gasteiger partial charge in [-0.05, 0) is 51.5 Å². The lowest BCUT2D eigenvalue weighted by atomic mass is 10.1. The summed E-state index contributed by atoms with van der Waals surface area (Å²) in [5.41, 5.74) is 0.493. The Bertz CT molecular complexity index is 953. The van der Waals surface area contributed by atoms with Crippen LogP contribution in [0.3, 0.4) is 0 Å². The van der Waals surface area contributed by atoms with Gasteiger partial charge in [0.25, 0.3) is 0 Å². The number of ether oxygens (including phenoxy) is 2. The molecule has 1 aromatic carbocycles. The van der Waals surface area contributed by atoms with Crippen molar-refractivity contribution in [1.29, 1.82) is 0 Å². The number of benzene rings is 1. The Balaban J connectivity index is 2.17. The van der Waals surface area contributed by atoms with E-state index in [0.717, 1.165) is 0 Å². The van der Waals surface area contributed by atoms with Crippen molar-refractivity contribution < 1.29 is 23.9 Å². The van der Waals surface area contributed by atoms with Crippen LogP contribution < -0.4 is 10.6 Å². The van der Waals surface area contributed by atoms with Crippen molar-refractivity contribution in [3.63, 3.8) is 0 Å². The minimum atomic E-state index is -0.979. The van der Waals surface area contributed by atoms with Gasteiger partial charge in [-0.1, -0.05) is 29.3 Å². The molecule has 0 spiro atoms. The molecule has 31 heavy (non-hydrogen) atoms. The molecule has 0 aliphatic heterocycles. The van der Waals surface area contributed by atoms with Crippen LogP contribution in [0, 0.1) is 0 Å². The number of hydrogen-bond acceptors (Lipinski definition) is 5. The zero-order valence-electron chi connectivity index (χ0n) is 17.7. The summed E-state index contributed by atoms with van der Waals surface area (Å²) in [6.45, 7) is 7.08. The van der Waals surface area contributed by atoms with Crippen molar-refractivity contribution in [2.75, 3.05) is 11.9 Å². The number of H-pyrrole nitrogens is 1. The summed E-state index contributed by atoms with van der Waals surface area (Å²) in [5.74, 6) is -1.05. The molecule has 0 aliphatic carbocycles. The van der Waals surface area contributed by atoms with Gasteiger partial charge in [0.05, 0.1) is 22.3 Å². The fraction of sp³-hybridized carbons (Fsp3) is 0.381. The van der Waals surface area contributed by atoms with E-state index in [1.165, 1.54) is 12.3 Å². The molecule has 1 unspecified atom stereocenters. The number of nitrogens with one attached hydrogen (secondary N) is 3. The first kappa shape index (κ1) is 24.6.